The highest BCUT2D eigenvalue weighted by atomic mass is 16.5. The molecule has 0 aliphatic rings. The highest BCUT2D eigenvalue weighted by Crippen LogP contribution is 2.18. The van der Waals surface area contributed by atoms with E-state index in [0.717, 1.165) is 29.9 Å². The third kappa shape index (κ3) is 1.84. The first-order valence-corrected chi connectivity index (χ1v) is 4.91. The summed E-state index contributed by atoms with van der Waals surface area (Å²) in [5.74, 6) is 0.964. The van der Waals surface area contributed by atoms with Gasteiger partial charge in [0.15, 0.2) is 0 Å². The molecule has 1 aromatic carbocycles. The number of hydrogen-bond acceptors (Lipinski definition) is 2. The van der Waals surface area contributed by atoms with Gasteiger partial charge in [0.25, 0.3) is 0 Å². The van der Waals surface area contributed by atoms with E-state index < -0.39 is 0 Å². The van der Waals surface area contributed by atoms with Gasteiger partial charge in [-0.25, -0.2) is 0 Å². The van der Waals surface area contributed by atoms with Crippen molar-refractivity contribution in [2.24, 2.45) is 0 Å². The molecule has 14 heavy (non-hydrogen) atoms. The minimum atomic E-state index is 0.925. The van der Waals surface area contributed by atoms with Crippen LogP contribution in [0.25, 0.3) is 11.3 Å². The van der Waals surface area contributed by atoms with Crippen LogP contribution in [-0.2, 0) is 6.42 Å². The van der Waals surface area contributed by atoms with Crippen LogP contribution in [0.15, 0.2) is 40.9 Å². The summed E-state index contributed by atoms with van der Waals surface area (Å²) < 4.78 is 5.21. The van der Waals surface area contributed by atoms with Crippen LogP contribution < -0.4 is 0 Å². The first-order valence-electron chi connectivity index (χ1n) is 4.91. The number of aromatic nitrogens is 1. The Morgan fingerprint density at radius 2 is 2.00 bits per heavy atom. The van der Waals surface area contributed by atoms with Gasteiger partial charge in [0, 0.05) is 18.1 Å². The molecule has 0 N–H and O–H groups in total. The number of nitrogens with zero attached hydrogens (tertiary/aromatic N) is 1. The predicted molar refractivity (Wildman–Crippen MR) is 55.9 cm³/mol. The molecule has 0 radical (unpaired) electrons. The normalized spacial score (nSPS) is 10.4. The van der Waals surface area contributed by atoms with Crippen molar-refractivity contribution in [3.8, 4) is 11.3 Å². The van der Waals surface area contributed by atoms with Crippen LogP contribution in [0.1, 0.15) is 19.1 Å². The summed E-state index contributed by atoms with van der Waals surface area (Å²) >= 11 is 0. The van der Waals surface area contributed by atoms with Crippen LogP contribution in [-0.4, -0.2) is 5.16 Å². The Bertz CT molecular complexity index is 392. The number of aryl methyl sites for hydroxylation is 1. The molecule has 0 fully saturated rings. The van der Waals surface area contributed by atoms with Gasteiger partial charge in [-0.2, -0.15) is 0 Å². The van der Waals surface area contributed by atoms with E-state index in [2.05, 4.69) is 12.1 Å². The highest BCUT2D eigenvalue weighted by molar-refractivity contribution is 5.58. The monoisotopic (exact) mass is 187 g/mol. The summed E-state index contributed by atoms with van der Waals surface area (Å²) in [6, 6.07) is 12.1. The van der Waals surface area contributed by atoms with Crippen molar-refractivity contribution in [1.82, 2.24) is 5.16 Å². The Morgan fingerprint density at radius 3 is 2.71 bits per heavy atom. The van der Waals surface area contributed by atoms with Gasteiger partial charge in [-0.3, -0.25) is 0 Å². The molecule has 2 nitrogen and oxygen atoms in total. The van der Waals surface area contributed by atoms with Crippen LogP contribution in [0.4, 0.5) is 0 Å². The molecule has 2 aromatic rings. The van der Waals surface area contributed by atoms with Gasteiger partial charge in [-0.1, -0.05) is 42.4 Å². The Labute approximate surface area is 83.5 Å². The Kier molecular flexibility index (Phi) is 2.63. The van der Waals surface area contributed by atoms with Crippen molar-refractivity contribution < 1.29 is 4.52 Å². The zero-order valence-corrected chi connectivity index (χ0v) is 8.23. The second kappa shape index (κ2) is 4.09. The fourth-order valence-electron chi connectivity index (χ4n) is 1.42. The van der Waals surface area contributed by atoms with E-state index in [1.165, 1.54) is 0 Å². The highest BCUT2D eigenvalue weighted by Gasteiger charge is 2.04. The summed E-state index contributed by atoms with van der Waals surface area (Å²) in [6.45, 7) is 2.13. The summed E-state index contributed by atoms with van der Waals surface area (Å²) in [5, 5.41) is 4.03. The maximum Gasteiger partial charge on any atom is 0.137 e. The van der Waals surface area contributed by atoms with Gasteiger partial charge in [0.05, 0.1) is 0 Å². The van der Waals surface area contributed by atoms with Crippen molar-refractivity contribution in [3.05, 3.63) is 42.2 Å². The molecule has 0 aliphatic heterocycles. The lowest BCUT2D eigenvalue weighted by Gasteiger charge is -1.91. The third-order valence-corrected chi connectivity index (χ3v) is 2.12. The predicted octanol–water partition coefficient (Wildman–Crippen LogP) is 3.29. The quantitative estimate of drug-likeness (QED) is 0.736. The first-order chi connectivity index (χ1) is 6.90. The molecular formula is C12H13NO. The minimum absolute atomic E-state index is 0.925. The van der Waals surface area contributed by atoms with Crippen molar-refractivity contribution >= 4 is 0 Å². The molecular weight excluding hydrogens is 174 g/mol. The van der Waals surface area contributed by atoms with E-state index >= 15 is 0 Å². The lowest BCUT2D eigenvalue weighted by Crippen LogP contribution is -1.76. The molecule has 2 rings (SSSR count). The van der Waals surface area contributed by atoms with Crippen LogP contribution >= 0.6 is 0 Å². The largest absolute Gasteiger partial charge is 0.361 e. The lowest BCUT2D eigenvalue weighted by atomic mass is 10.1. The van der Waals surface area contributed by atoms with Gasteiger partial charge in [0.1, 0.15) is 11.5 Å². The maximum atomic E-state index is 5.21. The zero-order chi connectivity index (χ0) is 9.80. The van der Waals surface area contributed by atoms with Gasteiger partial charge in [0.2, 0.25) is 0 Å². The van der Waals surface area contributed by atoms with Crippen LogP contribution in [0.5, 0.6) is 0 Å². The maximum absolute atomic E-state index is 5.21. The summed E-state index contributed by atoms with van der Waals surface area (Å²) in [7, 11) is 0. The average Bonchev–Trinajstić information content (AvgIpc) is 2.68. The number of benzene rings is 1. The van der Waals surface area contributed by atoms with Crippen molar-refractivity contribution in [2.75, 3.05) is 0 Å². The molecule has 1 heterocycles. The third-order valence-electron chi connectivity index (χ3n) is 2.12. The molecule has 0 saturated heterocycles. The smallest absolute Gasteiger partial charge is 0.137 e. The van der Waals surface area contributed by atoms with E-state index in [-0.39, 0.29) is 0 Å². The SMILES string of the molecule is CCCc1cc(-c2ccccc2)no1. The van der Waals surface area contributed by atoms with Gasteiger partial charge < -0.3 is 4.52 Å². The van der Waals surface area contributed by atoms with Gasteiger partial charge in [-0.15, -0.1) is 0 Å². The number of rotatable bonds is 3. The molecule has 0 unspecified atom stereocenters. The second-order valence-electron chi connectivity index (χ2n) is 3.29. The molecule has 1 aromatic heterocycles. The van der Waals surface area contributed by atoms with Gasteiger partial charge in [-0.05, 0) is 6.42 Å². The summed E-state index contributed by atoms with van der Waals surface area (Å²) in [4.78, 5) is 0. The van der Waals surface area contributed by atoms with Crippen molar-refractivity contribution in [2.45, 2.75) is 19.8 Å². The lowest BCUT2D eigenvalue weighted by molar-refractivity contribution is 0.384. The molecule has 0 saturated carbocycles. The molecule has 0 aliphatic carbocycles. The topological polar surface area (TPSA) is 26.0 Å². The Hall–Kier alpha value is -1.57. The van der Waals surface area contributed by atoms with Crippen LogP contribution in [0.3, 0.4) is 0 Å². The molecule has 72 valence electrons. The molecule has 0 bridgehead atoms. The molecule has 0 spiro atoms. The van der Waals surface area contributed by atoms with Crippen molar-refractivity contribution in [3.63, 3.8) is 0 Å². The van der Waals surface area contributed by atoms with E-state index in [4.69, 9.17) is 4.52 Å². The van der Waals surface area contributed by atoms with Gasteiger partial charge >= 0.3 is 0 Å². The second-order valence-corrected chi connectivity index (χ2v) is 3.29. The summed E-state index contributed by atoms with van der Waals surface area (Å²) in [5.41, 5.74) is 2.03. The summed E-state index contributed by atoms with van der Waals surface area (Å²) in [6.07, 6.45) is 2.04. The fraction of sp³-hybridized carbons (Fsp3) is 0.250. The standard InChI is InChI=1S/C12H13NO/c1-2-6-11-9-12(13-14-11)10-7-4-3-5-8-10/h3-5,7-9H,2,6H2,1H3. The van der Waals surface area contributed by atoms with E-state index in [1.807, 2.05) is 36.4 Å². The Balaban J connectivity index is 2.25. The minimum Gasteiger partial charge on any atom is -0.361 e. The van der Waals surface area contributed by atoms with Crippen molar-refractivity contribution in [1.29, 1.82) is 0 Å². The van der Waals surface area contributed by atoms with Crippen LogP contribution in [0.2, 0.25) is 0 Å². The van der Waals surface area contributed by atoms with Crippen LogP contribution in [0, 0.1) is 0 Å². The zero-order valence-electron chi connectivity index (χ0n) is 8.23. The Morgan fingerprint density at radius 1 is 1.21 bits per heavy atom. The molecule has 2 heteroatoms. The fourth-order valence-corrected chi connectivity index (χ4v) is 1.42. The molecule has 0 amide bonds. The molecule has 0 atom stereocenters. The first kappa shape index (κ1) is 9.00. The van der Waals surface area contributed by atoms with E-state index in [9.17, 15) is 0 Å². The number of hydrogen-bond donors (Lipinski definition) is 0. The van der Waals surface area contributed by atoms with E-state index in [1.54, 1.807) is 0 Å². The average molecular weight is 187 g/mol. The van der Waals surface area contributed by atoms with E-state index in [0.29, 0.717) is 0 Å².